The molecule has 0 fully saturated rings. The molecule has 1 atom stereocenters. The van der Waals surface area contributed by atoms with Gasteiger partial charge in [-0.25, -0.2) is 18.2 Å². The Labute approximate surface area is 150 Å². The highest BCUT2D eigenvalue weighted by molar-refractivity contribution is 5.98. The van der Waals surface area contributed by atoms with E-state index < -0.39 is 5.92 Å². The first-order valence-corrected chi connectivity index (χ1v) is 7.97. The molecule has 2 N–H and O–H groups in total. The smallest absolute Gasteiger partial charge is 0.270 e. The topological polar surface area (TPSA) is 58.7 Å². The maximum Gasteiger partial charge on any atom is 0.270 e. The van der Waals surface area contributed by atoms with Crippen LogP contribution in [0.4, 0.5) is 13.2 Å². The van der Waals surface area contributed by atoms with Crippen molar-refractivity contribution in [3.05, 3.63) is 71.5 Å². The molecule has 7 heteroatoms. The number of nitrogens with two attached hydrogens (primary N) is 1. The van der Waals surface area contributed by atoms with E-state index in [1.54, 1.807) is 37.4 Å². The first kappa shape index (κ1) is 19.5. The number of rotatable bonds is 2. The fourth-order valence-electron chi connectivity index (χ4n) is 2.33. The quantitative estimate of drug-likeness (QED) is 0.881. The van der Waals surface area contributed by atoms with Gasteiger partial charge in [0.05, 0.1) is 12.5 Å². The molecule has 0 bridgehead atoms. The fourth-order valence-corrected chi connectivity index (χ4v) is 2.33. The van der Waals surface area contributed by atoms with Crippen LogP contribution in [0, 0.1) is 5.82 Å². The molecule has 1 aliphatic rings. The van der Waals surface area contributed by atoms with Crippen molar-refractivity contribution >= 4 is 11.9 Å². The van der Waals surface area contributed by atoms with E-state index in [1.165, 1.54) is 29.2 Å². The molecular weight excluding hydrogens is 343 g/mol. The van der Waals surface area contributed by atoms with Crippen molar-refractivity contribution in [2.75, 3.05) is 7.05 Å². The van der Waals surface area contributed by atoms with Gasteiger partial charge in [0.2, 0.25) is 5.91 Å². The minimum Gasteiger partial charge on any atom is -0.369 e. The zero-order valence-corrected chi connectivity index (χ0v) is 14.5. The van der Waals surface area contributed by atoms with Gasteiger partial charge < -0.3 is 5.73 Å². The molecule has 1 unspecified atom stereocenters. The molecule has 0 radical (unpaired) electrons. The molecule has 138 valence electrons. The summed E-state index contributed by atoms with van der Waals surface area (Å²) in [6.07, 6.45) is 0.267. The number of carbonyl (C=O) groups excluding carboxylic acids is 1. The van der Waals surface area contributed by atoms with Crippen molar-refractivity contribution in [2.24, 2.45) is 10.7 Å². The summed E-state index contributed by atoms with van der Waals surface area (Å²) in [4.78, 5) is 17.1. The molecule has 0 aliphatic carbocycles. The molecule has 0 saturated heterocycles. The molecule has 1 amide bonds. The maximum atomic E-state index is 12.7. The van der Waals surface area contributed by atoms with E-state index in [0.29, 0.717) is 0 Å². The lowest BCUT2D eigenvalue weighted by Crippen LogP contribution is -2.42. The number of hydrogen-bond donors (Lipinski definition) is 1. The number of aliphatic imine (C=N–C) groups is 1. The monoisotopic (exact) mass is 363 g/mol. The predicted octanol–water partition coefficient (Wildman–Crippen LogP) is 3.84. The van der Waals surface area contributed by atoms with Gasteiger partial charge in [-0.05, 0) is 17.7 Å². The predicted molar refractivity (Wildman–Crippen MR) is 94.2 cm³/mol. The van der Waals surface area contributed by atoms with Crippen LogP contribution in [-0.4, -0.2) is 23.8 Å². The van der Waals surface area contributed by atoms with Crippen molar-refractivity contribution in [1.29, 1.82) is 0 Å². The van der Waals surface area contributed by atoms with Crippen molar-refractivity contribution < 1.29 is 18.0 Å². The zero-order valence-electron chi connectivity index (χ0n) is 14.5. The second kappa shape index (κ2) is 8.03. The van der Waals surface area contributed by atoms with Crippen molar-refractivity contribution in [3.63, 3.8) is 0 Å². The van der Waals surface area contributed by atoms with E-state index >= 15 is 0 Å². The summed E-state index contributed by atoms with van der Waals surface area (Å²) in [5.74, 6) is -2.89. The standard InChI is InChI=1S/C11H12FN3O.C8H8F2/c1-15-10(16)6-9(14-11(15)13)7-2-4-8(12)5-3-7;1-8(9,10)7-5-3-2-4-6-7/h2-5,9H,6H2,1H3,(H2,13,14);2-6H,1H3. The van der Waals surface area contributed by atoms with Crippen LogP contribution < -0.4 is 5.73 Å². The Bertz CT molecular complexity index is 771. The van der Waals surface area contributed by atoms with Crippen LogP contribution in [0.15, 0.2) is 59.6 Å². The third kappa shape index (κ3) is 5.08. The number of carbonyl (C=O) groups is 1. The molecule has 4 nitrogen and oxygen atoms in total. The number of alkyl halides is 2. The molecule has 1 heterocycles. The molecule has 1 aliphatic heterocycles. The number of guanidine groups is 1. The number of benzene rings is 2. The van der Waals surface area contributed by atoms with Crippen molar-refractivity contribution in [1.82, 2.24) is 4.90 Å². The highest BCUT2D eigenvalue weighted by atomic mass is 19.3. The largest absolute Gasteiger partial charge is 0.369 e. The van der Waals surface area contributed by atoms with Gasteiger partial charge in [0, 0.05) is 19.5 Å². The first-order chi connectivity index (χ1) is 12.2. The minimum atomic E-state index is -2.71. The average Bonchev–Trinajstić information content (AvgIpc) is 2.60. The van der Waals surface area contributed by atoms with Crippen LogP contribution in [0.2, 0.25) is 0 Å². The zero-order chi connectivity index (χ0) is 19.3. The van der Waals surface area contributed by atoms with Gasteiger partial charge in [-0.15, -0.1) is 0 Å². The van der Waals surface area contributed by atoms with E-state index in [0.717, 1.165) is 12.5 Å². The highest BCUT2D eigenvalue weighted by Crippen LogP contribution is 2.26. The van der Waals surface area contributed by atoms with Crippen LogP contribution in [0.25, 0.3) is 0 Å². The summed E-state index contributed by atoms with van der Waals surface area (Å²) in [5, 5.41) is 0. The Morgan fingerprint density at radius 2 is 1.69 bits per heavy atom. The molecule has 0 saturated carbocycles. The van der Waals surface area contributed by atoms with Gasteiger partial charge in [0.15, 0.2) is 5.96 Å². The SMILES string of the molecule is CC(F)(F)c1ccccc1.CN1C(=O)CC(c2ccc(F)cc2)N=C1N. The van der Waals surface area contributed by atoms with Gasteiger partial charge in [-0.3, -0.25) is 9.69 Å². The van der Waals surface area contributed by atoms with Crippen LogP contribution in [0.1, 0.15) is 30.5 Å². The minimum absolute atomic E-state index is 0.0648. The summed E-state index contributed by atoms with van der Waals surface area (Å²) in [7, 11) is 1.59. The highest BCUT2D eigenvalue weighted by Gasteiger charge is 2.25. The molecule has 26 heavy (non-hydrogen) atoms. The van der Waals surface area contributed by atoms with Gasteiger partial charge in [-0.1, -0.05) is 42.5 Å². The number of nitrogens with zero attached hydrogens (tertiary/aromatic N) is 2. The summed E-state index contributed by atoms with van der Waals surface area (Å²) in [5.41, 5.74) is 6.47. The van der Waals surface area contributed by atoms with E-state index in [4.69, 9.17) is 5.73 Å². The van der Waals surface area contributed by atoms with Crippen LogP contribution in [-0.2, 0) is 10.7 Å². The lowest BCUT2D eigenvalue weighted by atomic mass is 10.0. The first-order valence-electron chi connectivity index (χ1n) is 7.97. The molecule has 2 aromatic rings. The number of halogens is 3. The molecule has 3 rings (SSSR count). The number of hydrogen-bond acceptors (Lipinski definition) is 3. The second-order valence-electron chi connectivity index (χ2n) is 5.97. The van der Waals surface area contributed by atoms with Crippen LogP contribution in [0.3, 0.4) is 0 Å². The second-order valence-corrected chi connectivity index (χ2v) is 5.97. The molecule has 0 spiro atoms. The van der Waals surface area contributed by atoms with Crippen LogP contribution >= 0.6 is 0 Å². The normalized spacial score (nSPS) is 17.3. The molecule has 0 aromatic heterocycles. The molecular formula is C19H20F3N3O. The van der Waals surface area contributed by atoms with Gasteiger partial charge >= 0.3 is 0 Å². The van der Waals surface area contributed by atoms with Crippen molar-refractivity contribution in [3.8, 4) is 0 Å². The van der Waals surface area contributed by atoms with E-state index in [9.17, 15) is 18.0 Å². The van der Waals surface area contributed by atoms with E-state index in [-0.39, 0.29) is 35.7 Å². The van der Waals surface area contributed by atoms with Gasteiger partial charge in [0.25, 0.3) is 5.92 Å². The van der Waals surface area contributed by atoms with E-state index in [1.807, 2.05) is 0 Å². The van der Waals surface area contributed by atoms with E-state index in [2.05, 4.69) is 4.99 Å². The Morgan fingerprint density at radius 1 is 1.12 bits per heavy atom. The average molecular weight is 363 g/mol. The third-order valence-electron chi connectivity index (χ3n) is 3.91. The lowest BCUT2D eigenvalue weighted by molar-refractivity contribution is -0.127. The van der Waals surface area contributed by atoms with Gasteiger partial charge in [-0.2, -0.15) is 0 Å². The number of amides is 1. The Morgan fingerprint density at radius 3 is 2.15 bits per heavy atom. The van der Waals surface area contributed by atoms with Crippen LogP contribution in [0.5, 0.6) is 0 Å². The summed E-state index contributed by atoms with van der Waals surface area (Å²) in [6, 6.07) is 13.4. The summed E-state index contributed by atoms with van der Waals surface area (Å²) < 4.78 is 37.6. The Balaban J connectivity index is 0.000000209. The fraction of sp³-hybridized carbons (Fsp3) is 0.263. The Kier molecular flexibility index (Phi) is 6.02. The maximum absolute atomic E-state index is 12.7. The molecule has 2 aromatic carbocycles. The third-order valence-corrected chi connectivity index (χ3v) is 3.91. The van der Waals surface area contributed by atoms with Crippen molar-refractivity contribution in [2.45, 2.75) is 25.3 Å². The Hall–Kier alpha value is -2.83. The lowest BCUT2D eigenvalue weighted by Gasteiger charge is -2.25. The summed E-state index contributed by atoms with van der Waals surface area (Å²) in [6.45, 7) is 0.891. The van der Waals surface area contributed by atoms with Gasteiger partial charge in [0.1, 0.15) is 5.82 Å². The summed E-state index contributed by atoms with van der Waals surface area (Å²) >= 11 is 0.